The summed E-state index contributed by atoms with van der Waals surface area (Å²) in [6, 6.07) is 10.8. The molecule has 0 saturated heterocycles. The lowest BCUT2D eigenvalue weighted by Crippen LogP contribution is -2.23. The summed E-state index contributed by atoms with van der Waals surface area (Å²) in [7, 11) is 4.78. The van der Waals surface area contributed by atoms with Gasteiger partial charge in [0.25, 0.3) is 0 Å². The van der Waals surface area contributed by atoms with Crippen LogP contribution in [0.3, 0.4) is 0 Å². The van der Waals surface area contributed by atoms with Gasteiger partial charge in [-0.3, -0.25) is 4.79 Å². The fourth-order valence-electron chi connectivity index (χ4n) is 2.94. The van der Waals surface area contributed by atoms with E-state index in [1.165, 1.54) is 11.8 Å². The summed E-state index contributed by atoms with van der Waals surface area (Å²) >= 11 is 7.50. The van der Waals surface area contributed by atoms with E-state index in [2.05, 4.69) is 10.3 Å². The number of methoxy groups -OCH3 is 3. The molecule has 2 aromatic carbocycles. The zero-order valence-corrected chi connectivity index (χ0v) is 18.8. The molecular weight excluding hydrogens is 426 g/mol. The first-order valence-corrected chi connectivity index (χ1v) is 10.6. The standard InChI is InChI=1S/C21H24ClN3O4S/c1-13(20(26)23-15-6-8-18(28-3)19(12-15)29-4)30-21-24-16-11-14(22)5-7-17(16)25(21)9-10-27-2/h5-8,11-13H,9-10H2,1-4H3,(H,23,26). The van der Waals surface area contributed by atoms with Crippen molar-refractivity contribution in [3.8, 4) is 11.5 Å². The number of nitrogens with one attached hydrogen (secondary N) is 1. The average Bonchev–Trinajstić information content (AvgIpc) is 3.07. The van der Waals surface area contributed by atoms with Crippen molar-refractivity contribution in [3.63, 3.8) is 0 Å². The lowest BCUT2D eigenvalue weighted by atomic mass is 10.2. The van der Waals surface area contributed by atoms with Crippen LogP contribution < -0.4 is 14.8 Å². The van der Waals surface area contributed by atoms with Gasteiger partial charge in [-0.05, 0) is 37.3 Å². The minimum atomic E-state index is -0.383. The van der Waals surface area contributed by atoms with Gasteiger partial charge in [-0.15, -0.1) is 0 Å². The predicted molar refractivity (Wildman–Crippen MR) is 120 cm³/mol. The molecule has 0 aliphatic heterocycles. The van der Waals surface area contributed by atoms with Gasteiger partial charge in [-0.1, -0.05) is 23.4 Å². The molecule has 3 rings (SSSR count). The van der Waals surface area contributed by atoms with E-state index in [-0.39, 0.29) is 11.2 Å². The smallest absolute Gasteiger partial charge is 0.237 e. The molecule has 1 aromatic heterocycles. The maximum atomic E-state index is 12.8. The number of carbonyl (C=O) groups excluding carboxylic acids is 1. The number of fused-ring (bicyclic) bond motifs is 1. The number of thioether (sulfide) groups is 1. The second-order valence-electron chi connectivity index (χ2n) is 6.49. The van der Waals surface area contributed by atoms with Crippen LogP contribution in [-0.4, -0.2) is 48.6 Å². The number of nitrogens with zero attached hydrogens (tertiary/aromatic N) is 2. The highest BCUT2D eigenvalue weighted by Gasteiger charge is 2.20. The largest absolute Gasteiger partial charge is 0.493 e. The number of carbonyl (C=O) groups is 1. The van der Waals surface area contributed by atoms with E-state index in [0.29, 0.717) is 35.4 Å². The van der Waals surface area contributed by atoms with Gasteiger partial charge in [0.2, 0.25) is 5.91 Å². The summed E-state index contributed by atoms with van der Waals surface area (Å²) in [5, 5.41) is 3.89. The number of halogens is 1. The zero-order chi connectivity index (χ0) is 21.7. The van der Waals surface area contributed by atoms with E-state index < -0.39 is 0 Å². The van der Waals surface area contributed by atoms with E-state index in [0.717, 1.165) is 16.2 Å². The highest BCUT2D eigenvalue weighted by Crippen LogP contribution is 2.32. The van der Waals surface area contributed by atoms with Crippen LogP contribution in [0.1, 0.15) is 6.92 Å². The van der Waals surface area contributed by atoms with Crippen LogP contribution in [0.2, 0.25) is 5.02 Å². The Hall–Kier alpha value is -2.42. The Kier molecular flexibility index (Phi) is 7.47. The maximum absolute atomic E-state index is 12.8. The minimum absolute atomic E-state index is 0.143. The third kappa shape index (κ3) is 5.00. The Bertz CT molecular complexity index is 1040. The highest BCUT2D eigenvalue weighted by molar-refractivity contribution is 8.00. The zero-order valence-electron chi connectivity index (χ0n) is 17.3. The van der Waals surface area contributed by atoms with Gasteiger partial charge in [0.1, 0.15) is 0 Å². The number of hydrogen-bond acceptors (Lipinski definition) is 6. The highest BCUT2D eigenvalue weighted by atomic mass is 35.5. The molecule has 1 heterocycles. The van der Waals surface area contributed by atoms with Gasteiger partial charge in [-0.2, -0.15) is 0 Å². The van der Waals surface area contributed by atoms with Crippen LogP contribution in [-0.2, 0) is 16.1 Å². The SMILES string of the molecule is COCCn1c(SC(C)C(=O)Nc2ccc(OC)c(OC)c2)nc2cc(Cl)ccc21. The lowest BCUT2D eigenvalue weighted by molar-refractivity contribution is -0.115. The second-order valence-corrected chi connectivity index (χ2v) is 8.24. The van der Waals surface area contributed by atoms with E-state index >= 15 is 0 Å². The van der Waals surface area contributed by atoms with Crippen molar-refractivity contribution in [1.29, 1.82) is 0 Å². The third-order valence-corrected chi connectivity index (χ3v) is 5.82. The molecular formula is C21H24ClN3O4S. The first-order valence-electron chi connectivity index (χ1n) is 9.31. The van der Waals surface area contributed by atoms with Gasteiger partial charge in [0, 0.05) is 30.4 Å². The normalized spacial score (nSPS) is 12.0. The molecule has 0 bridgehead atoms. The van der Waals surface area contributed by atoms with Crippen molar-refractivity contribution in [2.75, 3.05) is 33.3 Å². The van der Waals surface area contributed by atoms with Crippen molar-refractivity contribution in [2.45, 2.75) is 23.9 Å². The second kappa shape index (κ2) is 10.1. The van der Waals surface area contributed by atoms with Crippen molar-refractivity contribution in [3.05, 3.63) is 41.4 Å². The predicted octanol–water partition coefficient (Wildman–Crippen LogP) is 4.47. The van der Waals surface area contributed by atoms with Crippen molar-refractivity contribution < 1.29 is 19.0 Å². The fraction of sp³-hybridized carbons (Fsp3) is 0.333. The lowest BCUT2D eigenvalue weighted by Gasteiger charge is -2.14. The molecule has 9 heteroatoms. The molecule has 0 radical (unpaired) electrons. The summed E-state index contributed by atoms with van der Waals surface area (Å²) in [6.07, 6.45) is 0. The summed E-state index contributed by atoms with van der Waals surface area (Å²) in [4.78, 5) is 17.5. The van der Waals surface area contributed by atoms with Crippen LogP contribution in [0, 0.1) is 0 Å². The Balaban J connectivity index is 1.78. The van der Waals surface area contributed by atoms with Crippen LogP contribution in [0.25, 0.3) is 11.0 Å². The van der Waals surface area contributed by atoms with E-state index in [4.69, 9.17) is 25.8 Å². The van der Waals surface area contributed by atoms with Crippen LogP contribution in [0.5, 0.6) is 11.5 Å². The van der Waals surface area contributed by atoms with Gasteiger partial charge < -0.3 is 24.1 Å². The van der Waals surface area contributed by atoms with Crippen molar-refractivity contribution >= 4 is 46.0 Å². The quantitative estimate of drug-likeness (QED) is 0.486. The Morgan fingerprint density at radius 3 is 2.63 bits per heavy atom. The molecule has 0 spiro atoms. The molecule has 0 aliphatic rings. The van der Waals surface area contributed by atoms with Crippen LogP contribution >= 0.6 is 23.4 Å². The monoisotopic (exact) mass is 449 g/mol. The number of ether oxygens (including phenoxy) is 3. The molecule has 0 saturated carbocycles. The minimum Gasteiger partial charge on any atom is -0.493 e. The summed E-state index contributed by atoms with van der Waals surface area (Å²) < 4.78 is 17.8. The number of benzene rings is 2. The summed E-state index contributed by atoms with van der Waals surface area (Å²) in [5.41, 5.74) is 2.37. The number of amides is 1. The number of rotatable bonds is 9. The van der Waals surface area contributed by atoms with Gasteiger partial charge in [0.05, 0.1) is 37.1 Å². The van der Waals surface area contributed by atoms with E-state index in [9.17, 15) is 4.79 Å². The Morgan fingerprint density at radius 1 is 1.17 bits per heavy atom. The third-order valence-electron chi connectivity index (χ3n) is 4.50. The number of aromatic nitrogens is 2. The summed E-state index contributed by atoms with van der Waals surface area (Å²) in [5.74, 6) is 1.01. The number of anilines is 1. The maximum Gasteiger partial charge on any atom is 0.237 e. The van der Waals surface area contributed by atoms with E-state index in [1.807, 2.05) is 29.7 Å². The molecule has 1 unspecified atom stereocenters. The number of hydrogen-bond donors (Lipinski definition) is 1. The van der Waals surface area contributed by atoms with Crippen molar-refractivity contribution in [2.24, 2.45) is 0 Å². The molecule has 3 aromatic rings. The topological polar surface area (TPSA) is 74.6 Å². The molecule has 7 nitrogen and oxygen atoms in total. The number of imidazole rings is 1. The van der Waals surface area contributed by atoms with Crippen molar-refractivity contribution in [1.82, 2.24) is 9.55 Å². The first-order chi connectivity index (χ1) is 14.5. The Labute approximate surface area is 184 Å². The molecule has 1 atom stereocenters. The molecule has 0 aliphatic carbocycles. The fourth-order valence-corrected chi connectivity index (χ4v) is 4.06. The average molecular weight is 450 g/mol. The first kappa shape index (κ1) is 22.3. The van der Waals surface area contributed by atoms with Crippen LogP contribution in [0.15, 0.2) is 41.6 Å². The van der Waals surface area contributed by atoms with Crippen LogP contribution in [0.4, 0.5) is 5.69 Å². The molecule has 30 heavy (non-hydrogen) atoms. The summed E-state index contributed by atoms with van der Waals surface area (Å²) in [6.45, 7) is 3.00. The molecule has 1 N–H and O–H groups in total. The van der Waals surface area contributed by atoms with E-state index in [1.54, 1.807) is 39.5 Å². The molecule has 1 amide bonds. The van der Waals surface area contributed by atoms with Gasteiger partial charge in [-0.25, -0.2) is 4.98 Å². The van der Waals surface area contributed by atoms with Gasteiger partial charge >= 0.3 is 0 Å². The van der Waals surface area contributed by atoms with Gasteiger partial charge in [0.15, 0.2) is 16.7 Å². The molecule has 0 fully saturated rings. The molecule has 160 valence electrons. The Morgan fingerprint density at radius 2 is 1.93 bits per heavy atom.